The highest BCUT2D eigenvalue weighted by Gasteiger charge is 2.36. The maximum absolute atomic E-state index is 13.9. The molecule has 0 fully saturated rings. The summed E-state index contributed by atoms with van der Waals surface area (Å²) < 4.78 is 39.7. The third-order valence-electron chi connectivity index (χ3n) is 7.08. The molecule has 2 amide bonds. The number of aliphatic hydroxyl groups excluding tert-OH is 1. The first-order chi connectivity index (χ1) is 20.0. The van der Waals surface area contributed by atoms with Crippen molar-refractivity contribution in [1.29, 1.82) is 0 Å². The van der Waals surface area contributed by atoms with Crippen molar-refractivity contribution in [3.05, 3.63) is 54.1 Å². The molecule has 1 aliphatic rings. The van der Waals surface area contributed by atoms with Gasteiger partial charge in [-0.1, -0.05) is 64.4 Å². The number of nitrogens with zero attached hydrogens (tertiary/aromatic N) is 2. The van der Waals surface area contributed by atoms with Crippen molar-refractivity contribution in [1.82, 2.24) is 20.1 Å². The van der Waals surface area contributed by atoms with Crippen LogP contribution in [0.1, 0.15) is 46.1 Å². The van der Waals surface area contributed by atoms with E-state index in [0.29, 0.717) is 11.5 Å². The average molecular weight is 605 g/mol. The Hall–Kier alpha value is -3.19. The van der Waals surface area contributed by atoms with Gasteiger partial charge in [0.25, 0.3) is 5.91 Å². The van der Waals surface area contributed by atoms with Crippen LogP contribution in [0.15, 0.2) is 53.4 Å². The van der Waals surface area contributed by atoms with Crippen LogP contribution in [0, 0.1) is 11.8 Å². The van der Waals surface area contributed by atoms with Crippen molar-refractivity contribution in [2.45, 2.75) is 64.0 Å². The molecule has 232 valence electrons. The predicted octanol–water partition coefficient (Wildman–Crippen LogP) is 2.55. The molecule has 0 saturated carbocycles. The number of fused-ring (bicyclic) bond motifs is 1. The Morgan fingerprint density at radius 2 is 1.71 bits per heavy atom. The summed E-state index contributed by atoms with van der Waals surface area (Å²) in [4.78, 5) is 26.3. The van der Waals surface area contributed by atoms with Gasteiger partial charge in [-0.25, -0.2) is 13.4 Å². The van der Waals surface area contributed by atoms with Crippen molar-refractivity contribution < 1.29 is 32.6 Å². The fraction of sp³-hybridized carbons (Fsp3) is 0.533. The van der Waals surface area contributed by atoms with Crippen LogP contribution in [0.25, 0.3) is 0 Å². The Balaban J connectivity index is 2.00. The second-order valence-electron chi connectivity index (χ2n) is 11.1. The largest absolute Gasteiger partial charge is 0.454 e. The van der Waals surface area contributed by atoms with Crippen LogP contribution in [-0.2, 0) is 26.0 Å². The van der Waals surface area contributed by atoms with Crippen LogP contribution in [0.5, 0.6) is 11.5 Å². The summed E-state index contributed by atoms with van der Waals surface area (Å²) in [6.07, 6.45) is -0.248. The monoisotopic (exact) mass is 604 g/mol. The van der Waals surface area contributed by atoms with Gasteiger partial charge in [-0.15, -0.1) is 0 Å². The Kier molecular flexibility index (Phi) is 12.2. The van der Waals surface area contributed by atoms with E-state index in [9.17, 15) is 23.1 Å². The van der Waals surface area contributed by atoms with Gasteiger partial charge in [0.15, 0.2) is 11.5 Å². The molecular weight excluding hydrogens is 560 g/mol. The summed E-state index contributed by atoms with van der Waals surface area (Å²) >= 11 is 0. The molecule has 0 saturated heterocycles. The molecule has 1 unspecified atom stereocenters. The summed E-state index contributed by atoms with van der Waals surface area (Å²) in [7, 11) is -2.47. The van der Waals surface area contributed by atoms with Crippen LogP contribution in [0.2, 0.25) is 0 Å². The highest BCUT2D eigenvalue weighted by Crippen LogP contribution is 2.35. The smallest absolute Gasteiger partial charge is 0.252 e. The van der Waals surface area contributed by atoms with E-state index in [1.807, 2.05) is 58.0 Å². The van der Waals surface area contributed by atoms with E-state index in [2.05, 4.69) is 10.7 Å². The number of benzene rings is 2. The van der Waals surface area contributed by atoms with E-state index in [4.69, 9.17) is 9.47 Å². The molecule has 2 aromatic carbocycles. The number of hydrogen-bond acceptors (Lipinski definition) is 8. The maximum atomic E-state index is 13.9. The Morgan fingerprint density at radius 3 is 2.36 bits per heavy atom. The van der Waals surface area contributed by atoms with Gasteiger partial charge in [0.2, 0.25) is 22.7 Å². The molecule has 1 heterocycles. The molecule has 42 heavy (non-hydrogen) atoms. The molecule has 0 spiro atoms. The normalized spacial score (nSPS) is 15.0. The number of carbonyl (C=O) groups excluding carboxylic acids is 2. The summed E-state index contributed by atoms with van der Waals surface area (Å²) in [6.45, 7) is 7.47. The third kappa shape index (κ3) is 8.90. The maximum Gasteiger partial charge on any atom is 0.252 e. The number of ether oxygens (including phenoxy) is 2. The number of aliphatic hydroxyl groups is 1. The fourth-order valence-electron chi connectivity index (χ4n) is 4.66. The fourth-order valence-corrected chi connectivity index (χ4v) is 6.29. The summed E-state index contributed by atoms with van der Waals surface area (Å²) in [5.41, 5.74) is 3.50. The lowest BCUT2D eigenvalue weighted by molar-refractivity contribution is -0.148. The van der Waals surface area contributed by atoms with Gasteiger partial charge >= 0.3 is 0 Å². The number of hydrogen-bond donors (Lipinski definition) is 3. The molecule has 12 heteroatoms. The van der Waals surface area contributed by atoms with Gasteiger partial charge in [0.1, 0.15) is 0 Å². The van der Waals surface area contributed by atoms with Crippen molar-refractivity contribution in [2.75, 3.05) is 33.5 Å². The zero-order valence-corrected chi connectivity index (χ0v) is 25.9. The first kappa shape index (κ1) is 33.3. The highest BCUT2D eigenvalue weighted by molar-refractivity contribution is 7.89. The van der Waals surface area contributed by atoms with Gasteiger partial charge in [-0.05, 0) is 43.0 Å². The van der Waals surface area contributed by atoms with E-state index in [1.165, 1.54) is 21.4 Å². The Morgan fingerprint density at radius 1 is 1.02 bits per heavy atom. The lowest BCUT2D eigenvalue weighted by atomic mass is 9.98. The van der Waals surface area contributed by atoms with Gasteiger partial charge in [-0.3, -0.25) is 15.0 Å². The van der Waals surface area contributed by atoms with Crippen LogP contribution < -0.4 is 20.2 Å². The third-order valence-corrected chi connectivity index (χ3v) is 8.90. The summed E-state index contributed by atoms with van der Waals surface area (Å²) in [5, 5.41) is 15.7. The van der Waals surface area contributed by atoms with E-state index in [0.717, 1.165) is 12.0 Å². The van der Waals surface area contributed by atoms with Crippen molar-refractivity contribution in [3.8, 4) is 11.5 Å². The van der Waals surface area contributed by atoms with Crippen molar-refractivity contribution >= 4 is 21.8 Å². The molecule has 0 radical (unpaired) electrons. The number of likely N-dealkylation sites (N-methyl/N-ethyl adjacent to an activating group) is 1. The lowest BCUT2D eigenvalue weighted by Crippen LogP contribution is -2.60. The van der Waals surface area contributed by atoms with E-state index < -0.39 is 28.1 Å². The molecule has 3 atom stereocenters. The first-order valence-corrected chi connectivity index (χ1v) is 15.8. The average Bonchev–Trinajstić information content (AvgIpc) is 3.43. The lowest BCUT2D eigenvalue weighted by Gasteiger charge is -2.37. The Labute approximate surface area is 249 Å². The minimum Gasteiger partial charge on any atom is -0.454 e. The van der Waals surface area contributed by atoms with Gasteiger partial charge in [0, 0.05) is 25.6 Å². The highest BCUT2D eigenvalue weighted by atomic mass is 32.2. The quantitative estimate of drug-likeness (QED) is 0.264. The van der Waals surface area contributed by atoms with Crippen LogP contribution >= 0.6 is 0 Å². The predicted molar refractivity (Wildman–Crippen MR) is 159 cm³/mol. The molecule has 2 aromatic rings. The van der Waals surface area contributed by atoms with Crippen LogP contribution in [0.3, 0.4) is 0 Å². The number of sulfonamides is 1. The molecule has 1 aliphatic heterocycles. The zero-order valence-electron chi connectivity index (χ0n) is 25.1. The van der Waals surface area contributed by atoms with Gasteiger partial charge < -0.3 is 19.9 Å². The summed E-state index contributed by atoms with van der Waals surface area (Å²) in [6, 6.07) is 12.7. The number of carbonyl (C=O) groups is 2. The molecule has 3 rings (SSSR count). The minimum atomic E-state index is -4.08. The molecular formula is C30H44N4O7S. The first-order valence-electron chi connectivity index (χ1n) is 14.3. The molecule has 0 aromatic heterocycles. The number of amides is 2. The topological polar surface area (TPSA) is 138 Å². The van der Waals surface area contributed by atoms with Crippen LogP contribution in [-0.4, -0.2) is 80.3 Å². The minimum absolute atomic E-state index is 0.00577. The van der Waals surface area contributed by atoms with Crippen LogP contribution in [0.4, 0.5) is 0 Å². The van der Waals surface area contributed by atoms with E-state index in [-0.39, 0.29) is 61.9 Å². The van der Waals surface area contributed by atoms with Crippen molar-refractivity contribution in [3.63, 3.8) is 0 Å². The number of hydrazine groups is 1. The molecule has 0 aliphatic carbocycles. The summed E-state index contributed by atoms with van der Waals surface area (Å²) in [5.74, 6) is -0.0427. The van der Waals surface area contributed by atoms with E-state index in [1.54, 1.807) is 13.1 Å². The second kappa shape index (κ2) is 15.3. The molecule has 3 N–H and O–H groups in total. The van der Waals surface area contributed by atoms with E-state index >= 15 is 0 Å². The zero-order chi connectivity index (χ0) is 30.9. The number of nitrogens with one attached hydrogen (secondary N) is 2. The SMILES string of the molecule is CC[C@H](C)CC(=O)N(NC(=O)CNC)C(Cc1ccccc1)[C@H](O)CN(CC(C)C)S(=O)(=O)c1ccc2c(c1)OCO2. The second-order valence-corrected chi connectivity index (χ2v) is 13.0. The molecule has 11 nitrogen and oxygen atoms in total. The van der Waals surface area contributed by atoms with Gasteiger partial charge in [-0.2, -0.15) is 4.31 Å². The van der Waals surface area contributed by atoms with Gasteiger partial charge in [0.05, 0.1) is 23.6 Å². The standard InChI is InChI=1S/C30H44N4O7S/c1-6-22(4)14-30(37)34(32-29(36)17-31-5)25(15-23-10-8-7-9-11-23)26(35)19-33(18-21(2)3)42(38,39)24-12-13-27-28(16-24)41-20-40-27/h7-13,16,21-22,25-26,31,35H,6,14-15,17-20H2,1-5H3,(H,32,36)/t22-,25?,26+/m0/s1. The molecule has 0 bridgehead atoms. The van der Waals surface area contributed by atoms with Crippen molar-refractivity contribution in [2.24, 2.45) is 11.8 Å². The number of rotatable bonds is 15. The Bertz CT molecular complexity index is 1290.